The summed E-state index contributed by atoms with van der Waals surface area (Å²) in [5, 5.41) is 11.1. The van der Waals surface area contributed by atoms with Gasteiger partial charge in [-0.2, -0.15) is 0 Å². The molecule has 0 bridgehead atoms. The summed E-state index contributed by atoms with van der Waals surface area (Å²) in [4.78, 5) is 28.5. The highest BCUT2D eigenvalue weighted by molar-refractivity contribution is 7.09. The van der Waals surface area contributed by atoms with Crippen LogP contribution in [0.2, 0.25) is 0 Å². The average Bonchev–Trinajstić information content (AvgIpc) is 2.77. The van der Waals surface area contributed by atoms with Crippen molar-refractivity contribution in [2.24, 2.45) is 5.73 Å². The van der Waals surface area contributed by atoms with E-state index in [0.29, 0.717) is 23.8 Å². The smallest absolute Gasteiger partial charge is 0.305 e. The molecule has 0 aliphatic rings. The molecular formula is C11H17N3O3S. The molecular weight excluding hydrogens is 254 g/mol. The maximum Gasteiger partial charge on any atom is 0.305 e. The quantitative estimate of drug-likeness (QED) is 0.802. The summed E-state index contributed by atoms with van der Waals surface area (Å²) in [5.74, 6) is -1.17. The van der Waals surface area contributed by atoms with Crippen LogP contribution < -0.4 is 5.73 Å². The van der Waals surface area contributed by atoms with Crippen LogP contribution in [0.5, 0.6) is 0 Å². The normalized spacial score (nSPS) is 12.2. The summed E-state index contributed by atoms with van der Waals surface area (Å²) in [5.41, 5.74) is 5.78. The Bertz CT molecular complexity index is 433. The number of amides is 1. The minimum absolute atomic E-state index is 0.0759. The Morgan fingerprint density at radius 3 is 2.72 bits per heavy atom. The topological polar surface area (TPSA) is 96.5 Å². The lowest BCUT2D eigenvalue weighted by molar-refractivity contribution is -0.138. The van der Waals surface area contributed by atoms with Crippen molar-refractivity contribution in [2.45, 2.75) is 32.9 Å². The zero-order valence-electron chi connectivity index (χ0n) is 10.4. The van der Waals surface area contributed by atoms with Gasteiger partial charge in [0.1, 0.15) is 10.7 Å². The van der Waals surface area contributed by atoms with Gasteiger partial charge in [0.15, 0.2) is 0 Å². The molecule has 0 fully saturated rings. The van der Waals surface area contributed by atoms with Gasteiger partial charge >= 0.3 is 5.97 Å². The molecule has 3 N–H and O–H groups in total. The third kappa shape index (κ3) is 3.51. The molecule has 0 radical (unpaired) electrons. The van der Waals surface area contributed by atoms with E-state index in [-0.39, 0.29) is 18.4 Å². The van der Waals surface area contributed by atoms with Crippen LogP contribution in [0, 0.1) is 0 Å². The predicted molar refractivity (Wildman–Crippen MR) is 68.4 cm³/mol. The molecule has 0 saturated carbocycles. The largest absolute Gasteiger partial charge is 0.481 e. The van der Waals surface area contributed by atoms with Crippen molar-refractivity contribution in [2.75, 3.05) is 6.54 Å². The van der Waals surface area contributed by atoms with Crippen LogP contribution in [0.25, 0.3) is 0 Å². The second kappa shape index (κ2) is 6.46. The van der Waals surface area contributed by atoms with E-state index in [1.165, 1.54) is 16.2 Å². The van der Waals surface area contributed by atoms with Crippen LogP contribution in [0.15, 0.2) is 5.38 Å². The number of carboxylic acids is 1. The molecule has 0 aliphatic carbocycles. The van der Waals surface area contributed by atoms with Crippen LogP contribution in [0.3, 0.4) is 0 Å². The molecule has 1 rings (SSSR count). The van der Waals surface area contributed by atoms with Crippen LogP contribution >= 0.6 is 11.3 Å². The van der Waals surface area contributed by atoms with Gasteiger partial charge in [0.2, 0.25) is 0 Å². The summed E-state index contributed by atoms with van der Waals surface area (Å²) in [6, 6.07) is -0.358. The monoisotopic (exact) mass is 271 g/mol. The number of thiazole rings is 1. The molecule has 18 heavy (non-hydrogen) atoms. The first-order valence-corrected chi connectivity index (χ1v) is 6.54. The van der Waals surface area contributed by atoms with Crippen molar-refractivity contribution in [3.05, 3.63) is 16.1 Å². The fourth-order valence-electron chi connectivity index (χ4n) is 1.67. The molecule has 1 aromatic rings. The van der Waals surface area contributed by atoms with Crippen LogP contribution in [-0.4, -0.2) is 39.5 Å². The molecule has 6 nitrogen and oxygen atoms in total. The fraction of sp³-hybridized carbons (Fsp3) is 0.545. The Hall–Kier alpha value is -1.47. The predicted octanol–water partition coefficient (Wildman–Crippen LogP) is 0.927. The van der Waals surface area contributed by atoms with E-state index in [1.54, 1.807) is 12.3 Å². The van der Waals surface area contributed by atoms with Crippen molar-refractivity contribution >= 4 is 23.2 Å². The molecule has 7 heteroatoms. The van der Waals surface area contributed by atoms with Crippen LogP contribution in [0.4, 0.5) is 0 Å². The zero-order valence-corrected chi connectivity index (χ0v) is 11.2. The molecule has 1 heterocycles. The number of hydrogen-bond donors (Lipinski definition) is 2. The number of carbonyl (C=O) groups excluding carboxylic acids is 1. The van der Waals surface area contributed by atoms with Gasteiger partial charge in [0.05, 0.1) is 6.42 Å². The molecule has 0 aromatic carbocycles. The van der Waals surface area contributed by atoms with Crippen molar-refractivity contribution in [1.29, 1.82) is 0 Å². The SMILES string of the molecule is CCN(C(=O)c1csc(CN)n1)C(C)CC(=O)O. The van der Waals surface area contributed by atoms with E-state index < -0.39 is 5.97 Å². The molecule has 1 atom stereocenters. The Morgan fingerprint density at radius 1 is 1.61 bits per heavy atom. The first-order chi connectivity index (χ1) is 8.49. The van der Waals surface area contributed by atoms with Gasteiger partial charge in [-0.1, -0.05) is 0 Å². The molecule has 1 amide bonds. The van der Waals surface area contributed by atoms with E-state index in [2.05, 4.69) is 4.98 Å². The number of carboxylic acid groups (broad SMARTS) is 1. The van der Waals surface area contributed by atoms with Gasteiger partial charge in [-0.05, 0) is 13.8 Å². The highest BCUT2D eigenvalue weighted by Gasteiger charge is 2.23. The molecule has 1 aromatic heterocycles. The molecule has 0 spiro atoms. The van der Waals surface area contributed by atoms with E-state index in [9.17, 15) is 9.59 Å². The number of aliphatic carboxylic acids is 1. The number of nitrogens with zero attached hydrogens (tertiary/aromatic N) is 2. The Balaban J connectivity index is 2.81. The van der Waals surface area contributed by atoms with Gasteiger partial charge in [-0.15, -0.1) is 11.3 Å². The maximum atomic E-state index is 12.2. The molecule has 0 aliphatic heterocycles. The third-order valence-electron chi connectivity index (χ3n) is 2.55. The first-order valence-electron chi connectivity index (χ1n) is 5.66. The lowest BCUT2D eigenvalue weighted by atomic mass is 10.2. The lowest BCUT2D eigenvalue weighted by Gasteiger charge is -2.26. The molecule has 100 valence electrons. The summed E-state index contributed by atoms with van der Waals surface area (Å²) in [7, 11) is 0. The van der Waals surface area contributed by atoms with Gasteiger partial charge in [-0.25, -0.2) is 4.98 Å². The minimum atomic E-state index is -0.922. The van der Waals surface area contributed by atoms with Crippen LogP contribution in [0.1, 0.15) is 35.8 Å². The average molecular weight is 271 g/mol. The maximum absolute atomic E-state index is 12.2. The van der Waals surface area contributed by atoms with Gasteiger partial charge in [-0.3, -0.25) is 9.59 Å². The van der Waals surface area contributed by atoms with Gasteiger partial charge in [0, 0.05) is 24.5 Å². The Morgan fingerprint density at radius 2 is 2.28 bits per heavy atom. The van der Waals surface area contributed by atoms with E-state index in [4.69, 9.17) is 10.8 Å². The van der Waals surface area contributed by atoms with E-state index >= 15 is 0 Å². The lowest BCUT2D eigenvalue weighted by Crippen LogP contribution is -2.39. The standard InChI is InChI=1S/C11H17N3O3S/c1-3-14(7(2)4-10(15)16)11(17)8-6-18-9(5-12)13-8/h6-7H,3-5,12H2,1-2H3,(H,15,16). The number of rotatable bonds is 6. The van der Waals surface area contributed by atoms with Crippen molar-refractivity contribution in [3.63, 3.8) is 0 Å². The first kappa shape index (κ1) is 14.6. The van der Waals surface area contributed by atoms with Crippen molar-refractivity contribution in [1.82, 2.24) is 9.88 Å². The van der Waals surface area contributed by atoms with Gasteiger partial charge in [0.25, 0.3) is 5.91 Å². The van der Waals surface area contributed by atoms with Crippen molar-refractivity contribution < 1.29 is 14.7 Å². The number of carbonyl (C=O) groups is 2. The number of aromatic nitrogens is 1. The number of hydrogen-bond acceptors (Lipinski definition) is 5. The Labute approximate surface area is 109 Å². The van der Waals surface area contributed by atoms with Crippen molar-refractivity contribution in [3.8, 4) is 0 Å². The zero-order chi connectivity index (χ0) is 13.7. The summed E-state index contributed by atoms with van der Waals surface area (Å²) < 4.78 is 0. The second-order valence-electron chi connectivity index (χ2n) is 3.87. The fourth-order valence-corrected chi connectivity index (χ4v) is 2.32. The highest BCUT2D eigenvalue weighted by atomic mass is 32.1. The van der Waals surface area contributed by atoms with E-state index in [1.807, 2.05) is 6.92 Å². The number of nitrogens with two attached hydrogens (primary N) is 1. The summed E-state index contributed by atoms with van der Waals surface area (Å²) in [6.45, 7) is 4.27. The summed E-state index contributed by atoms with van der Waals surface area (Å²) in [6.07, 6.45) is -0.0759. The van der Waals surface area contributed by atoms with Crippen LogP contribution in [-0.2, 0) is 11.3 Å². The summed E-state index contributed by atoms with van der Waals surface area (Å²) >= 11 is 1.33. The third-order valence-corrected chi connectivity index (χ3v) is 3.42. The molecule has 1 unspecified atom stereocenters. The minimum Gasteiger partial charge on any atom is -0.481 e. The second-order valence-corrected chi connectivity index (χ2v) is 4.81. The van der Waals surface area contributed by atoms with E-state index in [0.717, 1.165) is 0 Å². The molecule has 0 saturated heterocycles. The Kier molecular flexibility index (Phi) is 5.24. The highest BCUT2D eigenvalue weighted by Crippen LogP contribution is 2.14. The van der Waals surface area contributed by atoms with Gasteiger partial charge < -0.3 is 15.7 Å².